The van der Waals surface area contributed by atoms with E-state index < -0.39 is 23.6 Å². The lowest BCUT2D eigenvalue weighted by Crippen LogP contribution is -2.43. The molecule has 45 heavy (non-hydrogen) atoms. The van der Waals surface area contributed by atoms with E-state index in [9.17, 15) is 27.6 Å². The summed E-state index contributed by atoms with van der Waals surface area (Å²) in [6.07, 6.45) is -3.24. The van der Waals surface area contributed by atoms with E-state index in [0.29, 0.717) is 51.7 Å². The highest BCUT2D eigenvalue weighted by atomic mass is 35.5. The first-order chi connectivity index (χ1) is 21.5. The Morgan fingerprint density at radius 1 is 1.00 bits per heavy atom. The fraction of sp³-hybridized carbons (Fsp3) is 0.303. The van der Waals surface area contributed by atoms with E-state index >= 15 is 0 Å². The predicted molar refractivity (Wildman–Crippen MR) is 167 cm³/mol. The second-order valence-electron chi connectivity index (χ2n) is 11.0. The number of fused-ring (bicyclic) bond motifs is 1. The van der Waals surface area contributed by atoms with Gasteiger partial charge < -0.3 is 20.1 Å². The molecule has 12 heteroatoms. The van der Waals surface area contributed by atoms with E-state index in [1.807, 2.05) is 30.3 Å². The lowest BCUT2D eigenvalue weighted by molar-refractivity contribution is -0.0885. The van der Waals surface area contributed by atoms with Crippen molar-refractivity contribution in [2.75, 3.05) is 13.7 Å². The molecule has 0 radical (unpaired) electrons. The molecule has 1 aromatic heterocycles. The summed E-state index contributed by atoms with van der Waals surface area (Å²) < 4.78 is 45.3. The first-order valence-electron chi connectivity index (χ1n) is 14.3. The highest BCUT2D eigenvalue weighted by molar-refractivity contribution is 7.21. The zero-order valence-electron chi connectivity index (χ0n) is 24.2. The molecule has 0 spiro atoms. The van der Waals surface area contributed by atoms with Crippen molar-refractivity contribution in [2.24, 2.45) is 5.92 Å². The number of amides is 2. The Kier molecular flexibility index (Phi) is 9.69. The number of benzene rings is 3. The van der Waals surface area contributed by atoms with Gasteiger partial charge in [-0.1, -0.05) is 60.1 Å². The standard InChI is InChI=1S/C33H30ClF3N2O5S/c1-44-26-15-12-22(20-8-10-21(11-9-20)30(40)33(35,36)37)16-23(26)18-39(24-13-6-19(7-14-24)17-38-32(42)43)31(41)29-28(34)25-4-2-3-5-27(25)45-29/h2-5,8-12,15-16,19,24,38H,6-7,13-14,17-18H2,1H3,(H,42,43). The summed E-state index contributed by atoms with van der Waals surface area (Å²) in [6.45, 7) is 0.523. The van der Waals surface area contributed by atoms with Crippen LogP contribution in [-0.2, 0) is 6.54 Å². The molecule has 0 unspecified atom stereocenters. The molecule has 5 rings (SSSR count). The summed E-state index contributed by atoms with van der Waals surface area (Å²) in [4.78, 5) is 39.1. The Hall–Kier alpha value is -4.09. The largest absolute Gasteiger partial charge is 0.496 e. The van der Waals surface area contributed by atoms with Crippen LogP contribution < -0.4 is 10.1 Å². The molecular formula is C33H30ClF3N2O5S. The summed E-state index contributed by atoms with van der Waals surface area (Å²) in [5, 5.41) is 12.6. The maximum atomic E-state index is 14.3. The summed E-state index contributed by atoms with van der Waals surface area (Å²) >= 11 is 8.06. The third kappa shape index (κ3) is 7.26. The number of thiophene rings is 1. The monoisotopic (exact) mass is 658 g/mol. The summed E-state index contributed by atoms with van der Waals surface area (Å²) in [5.41, 5.74) is 1.50. The Morgan fingerprint density at radius 2 is 1.67 bits per heavy atom. The highest BCUT2D eigenvalue weighted by Crippen LogP contribution is 2.39. The number of ketones is 1. The van der Waals surface area contributed by atoms with Gasteiger partial charge in [-0.25, -0.2) is 4.79 Å². The molecule has 0 aliphatic heterocycles. The number of halogens is 4. The molecule has 1 aliphatic carbocycles. The molecule has 3 aromatic carbocycles. The quantitative estimate of drug-likeness (QED) is 0.176. The van der Waals surface area contributed by atoms with Crippen molar-refractivity contribution in [1.82, 2.24) is 10.2 Å². The van der Waals surface area contributed by atoms with Crippen LogP contribution in [0.15, 0.2) is 66.7 Å². The molecule has 1 aliphatic rings. The first kappa shape index (κ1) is 32.3. The van der Waals surface area contributed by atoms with E-state index in [-0.39, 0.29) is 24.4 Å². The molecule has 0 saturated heterocycles. The Morgan fingerprint density at radius 3 is 2.29 bits per heavy atom. The van der Waals surface area contributed by atoms with Crippen molar-refractivity contribution in [3.8, 4) is 16.9 Å². The molecule has 0 atom stereocenters. The Labute approximate surface area is 266 Å². The van der Waals surface area contributed by atoms with Crippen LogP contribution in [0.1, 0.15) is 51.3 Å². The van der Waals surface area contributed by atoms with Gasteiger partial charge in [0, 0.05) is 40.3 Å². The molecule has 236 valence electrons. The van der Waals surface area contributed by atoms with Gasteiger partial charge in [-0.05, 0) is 60.9 Å². The Bertz CT molecular complexity index is 1720. The number of Topliss-reactive ketones (excluding diaryl/α,β-unsaturated/α-hetero) is 1. The number of nitrogens with zero attached hydrogens (tertiary/aromatic N) is 1. The first-order valence-corrected chi connectivity index (χ1v) is 15.5. The van der Waals surface area contributed by atoms with Gasteiger partial charge in [-0.15, -0.1) is 11.3 Å². The van der Waals surface area contributed by atoms with E-state index in [4.69, 9.17) is 21.4 Å². The number of methoxy groups -OCH3 is 1. The zero-order valence-corrected chi connectivity index (χ0v) is 25.8. The van der Waals surface area contributed by atoms with Crippen LogP contribution in [0.4, 0.5) is 18.0 Å². The van der Waals surface area contributed by atoms with Crippen molar-refractivity contribution in [3.63, 3.8) is 0 Å². The van der Waals surface area contributed by atoms with Crippen LogP contribution >= 0.6 is 22.9 Å². The second kappa shape index (κ2) is 13.5. The number of carbonyl (C=O) groups is 3. The number of carboxylic acid groups (broad SMARTS) is 1. The van der Waals surface area contributed by atoms with Crippen LogP contribution in [-0.4, -0.2) is 53.7 Å². The van der Waals surface area contributed by atoms with Crippen molar-refractivity contribution in [3.05, 3.63) is 87.8 Å². The summed E-state index contributed by atoms with van der Waals surface area (Å²) in [6, 6.07) is 17.9. The molecule has 2 amide bonds. The minimum absolute atomic E-state index is 0.152. The molecule has 2 N–H and O–H groups in total. The lowest BCUT2D eigenvalue weighted by atomic mass is 9.85. The van der Waals surface area contributed by atoms with Crippen LogP contribution in [0.25, 0.3) is 21.2 Å². The summed E-state index contributed by atoms with van der Waals surface area (Å²) in [7, 11) is 1.52. The van der Waals surface area contributed by atoms with Crippen LogP contribution in [0.3, 0.4) is 0 Å². The number of nitrogens with one attached hydrogen (secondary N) is 1. The van der Waals surface area contributed by atoms with Gasteiger partial charge >= 0.3 is 12.3 Å². The number of ether oxygens (including phenoxy) is 1. The molecule has 0 bridgehead atoms. The molecule has 1 heterocycles. The predicted octanol–water partition coefficient (Wildman–Crippen LogP) is 8.44. The fourth-order valence-corrected chi connectivity index (χ4v) is 7.25. The zero-order chi connectivity index (χ0) is 32.3. The van der Waals surface area contributed by atoms with Crippen molar-refractivity contribution < 1.29 is 37.4 Å². The van der Waals surface area contributed by atoms with Gasteiger partial charge in [-0.2, -0.15) is 13.2 Å². The van der Waals surface area contributed by atoms with Crippen LogP contribution in [0, 0.1) is 5.92 Å². The molecule has 1 fully saturated rings. The maximum absolute atomic E-state index is 14.3. The van der Waals surface area contributed by atoms with E-state index in [0.717, 1.165) is 35.1 Å². The van der Waals surface area contributed by atoms with Crippen molar-refractivity contribution >= 4 is 50.8 Å². The maximum Gasteiger partial charge on any atom is 0.454 e. The van der Waals surface area contributed by atoms with E-state index in [1.54, 1.807) is 17.0 Å². The third-order valence-electron chi connectivity index (χ3n) is 8.15. The molecule has 1 saturated carbocycles. The van der Waals surface area contributed by atoms with E-state index in [1.165, 1.54) is 30.6 Å². The minimum Gasteiger partial charge on any atom is -0.496 e. The van der Waals surface area contributed by atoms with Crippen LogP contribution in [0.5, 0.6) is 5.75 Å². The third-order valence-corrected chi connectivity index (χ3v) is 9.81. The fourth-order valence-electron chi connectivity index (χ4n) is 5.78. The van der Waals surface area contributed by atoms with Gasteiger partial charge in [0.1, 0.15) is 10.6 Å². The molecule has 7 nitrogen and oxygen atoms in total. The minimum atomic E-state index is -4.96. The molecule has 4 aromatic rings. The van der Waals surface area contributed by atoms with Crippen molar-refractivity contribution in [2.45, 2.75) is 44.4 Å². The summed E-state index contributed by atoms with van der Waals surface area (Å²) in [5.74, 6) is -1.45. The van der Waals surface area contributed by atoms with Crippen LogP contribution in [0.2, 0.25) is 5.02 Å². The highest BCUT2D eigenvalue weighted by Gasteiger charge is 2.39. The van der Waals surface area contributed by atoms with Gasteiger partial charge in [-0.3, -0.25) is 9.59 Å². The Balaban J connectivity index is 1.46. The number of alkyl halides is 3. The average molecular weight is 659 g/mol. The lowest BCUT2D eigenvalue weighted by Gasteiger charge is -2.37. The second-order valence-corrected chi connectivity index (χ2v) is 12.4. The van der Waals surface area contributed by atoms with Gasteiger partial charge in [0.25, 0.3) is 11.7 Å². The smallest absolute Gasteiger partial charge is 0.454 e. The van der Waals surface area contributed by atoms with Gasteiger partial charge in [0.15, 0.2) is 0 Å². The van der Waals surface area contributed by atoms with Gasteiger partial charge in [0.2, 0.25) is 0 Å². The van der Waals surface area contributed by atoms with E-state index in [2.05, 4.69) is 5.32 Å². The topological polar surface area (TPSA) is 95.9 Å². The molecular weight excluding hydrogens is 629 g/mol. The number of carbonyl (C=O) groups excluding carboxylic acids is 2. The number of hydrogen-bond donors (Lipinski definition) is 2. The SMILES string of the molecule is COc1ccc(-c2ccc(C(=O)C(F)(F)F)cc2)cc1CN(C(=O)c1sc2ccccc2c1Cl)C1CCC(CNC(=O)O)CC1. The number of rotatable bonds is 9. The normalized spacial score (nSPS) is 16.7. The van der Waals surface area contributed by atoms with Gasteiger partial charge in [0.05, 0.1) is 12.1 Å². The van der Waals surface area contributed by atoms with Crippen molar-refractivity contribution in [1.29, 1.82) is 0 Å². The average Bonchev–Trinajstić information content (AvgIpc) is 3.38. The number of hydrogen-bond acceptors (Lipinski definition) is 5.